The number of halogens is 1. The molecule has 0 bridgehead atoms. The third-order valence-electron chi connectivity index (χ3n) is 2.18. The van der Waals surface area contributed by atoms with Gasteiger partial charge in [-0.1, -0.05) is 27.7 Å². The lowest BCUT2D eigenvalue weighted by Gasteiger charge is -2.07. The van der Waals surface area contributed by atoms with E-state index in [2.05, 4.69) is 9.97 Å². The van der Waals surface area contributed by atoms with E-state index in [1.807, 2.05) is 27.7 Å². The molecule has 0 N–H and O–H groups in total. The minimum absolute atomic E-state index is 0.241. The van der Waals surface area contributed by atoms with Crippen LogP contribution in [-0.2, 0) is 0 Å². The summed E-state index contributed by atoms with van der Waals surface area (Å²) < 4.78 is 13.0. The molecule has 2 rings (SSSR count). The molecule has 0 spiro atoms. The highest BCUT2D eigenvalue weighted by molar-refractivity contribution is 5.81. The van der Waals surface area contributed by atoms with Gasteiger partial charge in [0.1, 0.15) is 12.1 Å². The molecule has 0 unspecified atom stereocenters. The van der Waals surface area contributed by atoms with E-state index in [0.717, 1.165) is 16.6 Å². The Labute approximate surface area is 95.5 Å². The van der Waals surface area contributed by atoms with E-state index in [0.29, 0.717) is 0 Å². The molecule has 0 aliphatic heterocycles. The number of aromatic nitrogens is 2. The molecule has 2 nitrogen and oxygen atoms in total. The van der Waals surface area contributed by atoms with Gasteiger partial charge in [-0.3, -0.25) is 0 Å². The molecule has 3 heteroatoms. The van der Waals surface area contributed by atoms with E-state index in [1.54, 1.807) is 6.07 Å². The van der Waals surface area contributed by atoms with Gasteiger partial charge >= 0.3 is 0 Å². The van der Waals surface area contributed by atoms with Crippen LogP contribution in [0.5, 0.6) is 0 Å². The zero-order chi connectivity index (χ0) is 12.1. The van der Waals surface area contributed by atoms with Crippen LogP contribution in [0.3, 0.4) is 0 Å². The van der Waals surface area contributed by atoms with E-state index in [1.165, 1.54) is 18.5 Å². The molecular formula is C13H17FN2. The molecular weight excluding hydrogens is 203 g/mol. The molecule has 1 heterocycles. The van der Waals surface area contributed by atoms with Crippen molar-refractivity contribution >= 4 is 10.9 Å². The van der Waals surface area contributed by atoms with Crippen molar-refractivity contribution in [3.63, 3.8) is 0 Å². The van der Waals surface area contributed by atoms with Crippen molar-refractivity contribution in [2.24, 2.45) is 0 Å². The zero-order valence-electron chi connectivity index (χ0n) is 10.2. The van der Waals surface area contributed by atoms with Gasteiger partial charge in [0.25, 0.3) is 0 Å². The predicted molar refractivity (Wildman–Crippen MR) is 64.9 cm³/mol. The van der Waals surface area contributed by atoms with Gasteiger partial charge in [0.05, 0.1) is 11.2 Å². The molecule has 0 saturated heterocycles. The first-order valence-corrected chi connectivity index (χ1v) is 5.58. The third-order valence-corrected chi connectivity index (χ3v) is 2.18. The number of rotatable bonds is 1. The Morgan fingerprint density at radius 1 is 1.12 bits per heavy atom. The topological polar surface area (TPSA) is 25.8 Å². The smallest absolute Gasteiger partial charge is 0.124 e. The normalized spacial score (nSPS) is 10.1. The van der Waals surface area contributed by atoms with Crippen LogP contribution >= 0.6 is 0 Å². The van der Waals surface area contributed by atoms with E-state index in [-0.39, 0.29) is 11.7 Å². The number of benzene rings is 1. The number of hydrogen-bond donors (Lipinski definition) is 0. The Morgan fingerprint density at radius 2 is 1.81 bits per heavy atom. The number of hydrogen-bond acceptors (Lipinski definition) is 2. The predicted octanol–water partition coefficient (Wildman–Crippen LogP) is 3.92. The van der Waals surface area contributed by atoms with E-state index < -0.39 is 0 Å². The Morgan fingerprint density at radius 3 is 2.44 bits per heavy atom. The summed E-state index contributed by atoms with van der Waals surface area (Å²) in [5.74, 6) is 0.0384. The molecule has 0 fully saturated rings. The first kappa shape index (κ1) is 12.6. The van der Waals surface area contributed by atoms with Gasteiger partial charge in [-0.15, -0.1) is 0 Å². The van der Waals surface area contributed by atoms with E-state index in [9.17, 15) is 4.39 Å². The summed E-state index contributed by atoms with van der Waals surface area (Å²) in [5, 5.41) is 0.808. The van der Waals surface area contributed by atoms with Gasteiger partial charge < -0.3 is 0 Å². The van der Waals surface area contributed by atoms with Crippen LogP contribution in [0.2, 0.25) is 0 Å². The molecule has 0 amide bonds. The summed E-state index contributed by atoms with van der Waals surface area (Å²) >= 11 is 0. The van der Waals surface area contributed by atoms with Crippen LogP contribution in [0.1, 0.15) is 39.3 Å². The highest BCUT2D eigenvalue weighted by Gasteiger charge is 2.07. The van der Waals surface area contributed by atoms with Crippen LogP contribution < -0.4 is 0 Å². The maximum Gasteiger partial charge on any atom is 0.124 e. The van der Waals surface area contributed by atoms with Gasteiger partial charge in [-0.2, -0.15) is 0 Å². The maximum absolute atomic E-state index is 13.0. The first-order valence-electron chi connectivity index (χ1n) is 5.58. The molecule has 16 heavy (non-hydrogen) atoms. The summed E-state index contributed by atoms with van der Waals surface area (Å²) in [7, 11) is 0. The standard InChI is InChI=1S/C11H11FN2.C2H6/c1-7(2)11-9-5-8(12)3-4-10(9)13-6-14-11;1-2/h3-7H,1-2H3;1-2H3. The van der Waals surface area contributed by atoms with Crippen molar-refractivity contribution in [3.8, 4) is 0 Å². The molecule has 0 saturated carbocycles. The molecule has 0 aliphatic carbocycles. The second-order valence-corrected chi connectivity index (χ2v) is 3.58. The summed E-state index contributed by atoms with van der Waals surface area (Å²) in [5.41, 5.74) is 1.69. The van der Waals surface area contributed by atoms with Crippen LogP contribution in [0, 0.1) is 5.82 Å². The van der Waals surface area contributed by atoms with Gasteiger partial charge in [0.2, 0.25) is 0 Å². The van der Waals surface area contributed by atoms with Crippen LogP contribution in [0.25, 0.3) is 10.9 Å². The Kier molecular flexibility index (Phi) is 4.35. The highest BCUT2D eigenvalue weighted by Crippen LogP contribution is 2.21. The van der Waals surface area contributed by atoms with Gasteiger partial charge in [0, 0.05) is 5.39 Å². The molecule has 0 aliphatic rings. The molecule has 1 aromatic heterocycles. The van der Waals surface area contributed by atoms with E-state index in [4.69, 9.17) is 0 Å². The van der Waals surface area contributed by atoms with Crippen molar-refractivity contribution in [1.82, 2.24) is 9.97 Å². The minimum Gasteiger partial charge on any atom is -0.240 e. The average molecular weight is 220 g/mol. The first-order chi connectivity index (χ1) is 7.68. The second kappa shape index (κ2) is 5.54. The van der Waals surface area contributed by atoms with Crippen molar-refractivity contribution in [3.05, 3.63) is 36.0 Å². The fraction of sp³-hybridized carbons (Fsp3) is 0.385. The molecule has 0 radical (unpaired) electrons. The van der Waals surface area contributed by atoms with E-state index >= 15 is 0 Å². The quantitative estimate of drug-likeness (QED) is 0.728. The molecule has 1 aromatic carbocycles. The summed E-state index contributed by atoms with van der Waals surface area (Å²) in [6.45, 7) is 8.07. The molecule has 2 aromatic rings. The largest absolute Gasteiger partial charge is 0.240 e. The van der Waals surface area contributed by atoms with Crippen molar-refractivity contribution < 1.29 is 4.39 Å². The number of fused-ring (bicyclic) bond motifs is 1. The van der Waals surface area contributed by atoms with Gasteiger partial charge in [-0.25, -0.2) is 14.4 Å². The SMILES string of the molecule is CC.CC(C)c1ncnc2ccc(F)cc12. The zero-order valence-corrected chi connectivity index (χ0v) is 10.2. The summed E-state index contributed by atoms with van der Waals surface area (Å²) in [6, 6.07) is 4.59. The lowest BCUT2D eigenvalue weighted by atomic mass is 10.0. The summed E-state index contributed by atoms with van der Waals surface area (Å²) in [4.78, 5) is 8.26. The average Bonchev–Trinajstić information content (AvgIpc) is 2.30. The van der Waals surface area contributed by atoms with Crippen LogP contribution in [-0.4, -0.2) is 9.97 Å². The Hall–Kier alpha value is -1.51. The third kappa shape index (κ3) is 2.54. The highest BCUT2D eigenvalue weighted by atomic mass is 19.1. The lowest BCUT2D eigenvalue weighted by Crippen LogP contribution is -1.95. The maximum atomic E-state index is 13.0. The Bertz CT molecular complexity index is 466. The van der Waals surface area contributed by atoms with Crippen molar-refractivity contribution in [1.29, 1.82) is 0 Å². The fourth-order valence-electron chi connectivity index (χ4n) is 1.51. The number of nitrogens with zero attached hydrogens (tertiary/aromatic N) is 2. The molecule has 86 valence electrons. The van der Waals surface area contributed by atoms with Crippen LogP contribution in [0.15, 0.2) is 24.5 Å². The van der Waals surface area contributed by atoms with Crippen molar-refractivity contribution in [2.45, 2.75) is 33.6 Å². The second-order valence-electron chi connectivity index (χ2n) is 3.58. The fourth-order valence-corrected chi connectivity index (χ4v) is 1.51. The molecule has 0 atom stereocenters. The van der Waals surface area contributed by atoms with Gasteiger partial charge in [-0.05, 0) is 24.1 Å². The van der Waals surface area contributed by atoms with Crippen molar-refractivity contribution in [2.75, 3.05) is 0 Å². The van der Waals surface area contributed by atoms with Gasteiger partial charge in [0.15, 0.2) is 0 Å². The van der Waals surface area contributed by atoms with Crippen LogP contribution in [0.4, 0.5) is 4.39 Å². The lowest BCUT2D eigenvalue weighted by molar-refractivity contribution is 0.629. The monoisotopic (exact) mass is 220 g/mol. The summed E-state index contributed by atoms with van der Waals surface area (Å²) in [6.07, 6.45) is 1.52. The Balaban J connectivity index is 0.000000606. The minimum atomic E-state index is -0.241.